The predicted octanol–water partition coefficient (Wildman–Crippen LogP) is 4.52. The van der Waals surface area contributed by atoms with E-state index in [9.17, 15) is 0 Å². The molecule has 0 aliphatic rings. The molecule has 3 rings (SSSR count). The van der Waals surface area contributed by atoms with Gasteiger partial charge in [-0.3, -0.25) is 4.98 Å². The van der Waals surface area contributed by atoms with Crippen molar-refractivity contribution in [3.05, 3.63) is 59.2 Å². The van der Waals surface area contributed by atoms with E-state index in [-0.39, 0.29) is 0 Å². The molecule has 3 N–H and O–H groups in total. The maximum absolute atomic E-state index is 6.15. The Morgan fingerprint density at radius 2 is 1.90 bits per heavy atom. The third-order valence-electron chi connectivity index (χ3n) is 3.34. The second-order valence-electron chi connectivity index (χ2n) is 4.64. The zero-order valence-corrected chi connectivity index (χ0v) is 11.8. The van der Waals surface area contributed by atoms with Crippen LogP contribution in [0, 0.1) is 6.92 Å². The van der Waals surface area contributed by atoms with Gasteiger partial charge in [0.05, 0.1) is 11.2 Å². The van der Waals surface area contributed by atoms with Crippen molar-refractivity contribution < 1.29 is 0 Å². The number of fused-ring (bicyclic) bond motifs is 1. The van der Waals surface area contributed by atoms with Crippen molar-refractivity contribution >= 4 is 39.6 Å². The number of rotatable bonds is 2. The van der Waals surface area contributed by atoms with Gasteiger partial charge < -0.3 is 11.1 Å². The highest BCUT2D eigenvalue weighted by atomic mass is 35.5. The molecule has 0 amide bonds. The summed E-state index contributed by atoms with van der Waals surface area (Å²) in [5, 5.41) is 5.14. The Labute approximate surface area is 122 Å². The molecule has 3 aromatic rings. The van der Waals surface area contributed by atoms with E-state index in [0.29, 0.717) is 5.69 Å². The Bertz CT molecular complexity index is 784. The van der Waals surface area contributed by atoms with Gasteiger partial charge in [0.15, 0.2) is 0 Å². The number of aromatic nitrogens is 1. The molecule has 0 aliphatic heterocycles. The topological polar surface area (TPSA) is 50.9 Å². The smallest absolute Gasteiger partial charge is 0.0951 e. The molecule has 2 aromatic carbocycles. The molecular formula is C16H14ClN3. The average Bonchev–Trinajstić information content (AvgIpc) is 2.47. The first-order valence-corrected chi connectivity index (χ1v) is 6.70. The Kier molecular flexibility index (Phi) is 3.20. The average molecular weight is 284 g/mol. The molecule has 100 valence electrons. The number of anilines is 3. The van der Waals surface area contributed by atoms with Gasteiger partial charge in [-0.05, 0) is 48.9 Å². The summed E-state index contributed by atoms with van der Waals surface area (Å²) >= 11 is 6.15. The lowest BCUT2D eigenvalue weighted by molar-refractivity contribution is 1.40. The molecule has 0 radical (unpaired) electrons. The minimum absolute atomic E-state index is 0.675. The van der Waals surface area contributed by atoms with Gasteiger partial charge in [0, 0.05) is 28.0 Å². The van der Waals surface area contributed by atoms with Crippen LogP contribution in [0.4, 0.5) is 17.1 Å². The highest BCUT2D eigenvalue weighted by molar-refractivity contribution is 6.31. The van der Waals surface area contributed by atoms with Gasteiger partial charge >= 0.3 is 0 Å². The summed E-state index contributed by atoms with van der Waals surface area (Å²) in [6.07, 6.45) is 1.74. The van der Waals surface area contributed by atoms with Crippen molar-refractivity contribution in [3.63, 3.8) is 0 Å². The van der Waals surface area contributed by atoms with E-state index in [1.54, 1.807) is 6.20 Å². The van der Waals surface area contributed by atoms with Crippen molar-refractivity contribution in [2.24, 2.45) is 0 Å². The van der Waals surface area contributed by atoms with E-state index in [2.05, 4.69) is 10.3 Å². The SMILES string of the molecule is Cc1c(Cl)cccc1Nc1ccc(N)c2ncccc12. The minimum Gasteiger partial charge on any atom is -0.397 e. The lowest BCUT2D eigenvalue weighted by Crippen LogP contribution is -1.97. The minimum atomic E-state index is 0.675. The number of nitrogens with zero attached hydrogens (tertiary/aromatic N) is 1. The van der Waals surface area contributed by atoms with Gasteiger partial charge in [0.1, 0.15) is 0 Å². The molecule has 0 bridgehead atoms. The predicted molar refractivity (Wildman–Crippen MR) is 85.6 cm³/mol. The monoisotopic (exact) mass is 283 g/mol. The quantitative estimate of drug-likeness (QED) is 0.680. The molecule has 1 aromatic heterocycles. The summed E-state index contributed by atoms with van der Waals surface area (Å²) < 4.78 is 0. The third kappa shape index (κ3) is 2.17. The van der Waals surface area contributed by atoms with Crippen LogP contribution >= 0.6 is 11.6 Å². The second kappa shape index (κ2) is 5.02. The van der Waals surface area contributed by atoms with Crippen LogP contribution in [0.1, 0.15) is 5.56 Å². The van der Waals surface area contributed by atoms with Crippen molar-refractivity contribution in [3.8, 4) is 0 Å². The number of pyridine rings is 1. The first-order valence-electron chi connectivity index (χ1n) is 6.32. The highest BCUT2D eigenvalue weighted by Crippen LogP contribution is 2.31. The van der Waals surface area contributed by atoms with Gasteiger partial charge in [-0.15, -0.1) is 0 Å². The molecule has 0 saturated heterocycles. The van der Waals surface area contributed by atoms with Crippen LogP contribution in [-0.4, -0.2) is 4.98 Å². The summed E-state index contributed by atoms with van der Waals surface area (Å²) in [5.41, 5.74) is 10.4. The Morgan fingerprint density at radius 1 is 1.05 bits per heavy atom. The zero-order valence-electron chi connectivity index (χ0n) is 11.0. The third-order valence-corrected chi connectivity index (χ3v) is 3.75. The molecule has 0 unspecified atom stereocenters. The van der Waals surface area contributed by atoms with Gasteiger partial charge in [0.2, 0.25) is 0 Å². The van der Waals surface area contributed by atoms with E-state index in [0.717, 1.165) is 32.9 Å². The van der Waals surface area contributed by atoms with E-state index >= 15 is 0 Å². The number of hydrogen-bond donors (Lipinski definition) is 2. The number of nitrogens with two attached hydrogens (primary N) is 1. The maximum atomic E-state index is 6.15. The number of benzene rings is 2. The number of nitrogens with one attached hydrogen (secondary N) is 1. The van der Waals surface area contributed by atoms with E-state index in [1.807, 2.05) is 49.4 Å². The molecule has 0 saturated carbocycles. The number of nitrogen functional groups attached to an aromatic ring is 1. The second-order valence-corrected chi connectivity index (χ2v) is 5.05. The Morgan fingerprint density at radius 3 is 2.75 bits per heavy atom. The first-order chi connectivity index (χ1) is 9.66. The summed E-state index contributed by atoms with van der Waals surface area (Å²) in [4.78, 5) is 4.33. The fourth-order valence-electron chi connectivity index (χ4n) is 2.19. The maximum Gasteiger partial charge on any atom is 0.0951 e. The Hall–Kier alpha value is -2.26. The van der Waals surface area contributed by atoms with Gasteiger partial charge in [0.25, 0.3) is 0 Å². The summed E-state index contributed by atoms with van der Waals surface area (Å²) in [6.45, 7) is 1.99. The zero-order chi connectivity index (χ0) is 14.1. The van der Waals surface area contributed by atoms with E-state index in [1.165, 1.54) is 0 Å². The van der Waals surface area contributed by atoms with Crippen LogP contribution in [0.2, 0.25) is 5.02 Å². The first kappa shape index (κ1) is 12.8. The van der Waals surface area contributed by atoms with Crippen LogP contribution in [0.15, 0.2) is 48.7 Å². The normalized spacial score (nSPS) is 10.7. The highest BCUT2D eigenvalue weighted by Gasteiger charge is 2.07. The molecule has 4 heteroatoms. The fraction of sp³-hybridized carbons (Fsp3) is 0.0625. The van der Waals surface area contributed by atoms with Crippen molar-refractivity contribution in [2.75, 3.05) is 11.1 Å². The lowest BCUT2D eigenvalue weighted by atomic mass is 10.1. The van der Waals surface area contributed by atoms with Crippen LogP contribution in [0.25, 0.3) is 10.9 Å². The molecule has 0 fully saturated rings. The van der Waals surface area contributed by atoms with Crippen LogP contribution in [0.3, 0.4) is 0 Å². The van der Waals surface area contributed by atoms with Crippen molar-refractivity contribution in [1.82, 2.24) is 4.98 Å². The summed E-state index contributed by atoms with van der Waals surface area (Å²) in [7, 11) is 0. The van der Waals surface area contributed by atoms with Crippen molar-refractivity contribution in [2.45, 2.75) is 6.92 Å². The van der Waals surface area contributed by atoms with Gasteiger partial charge in [-0.1, -0.05) is 17.7 Å². The number of halogens is 1. The largest absolute Gasteiger partial charge is 0.397 e. The van der Waals surface area contributed by atoms with Crippen LogP contribution < -0.4 is 11.1 Å². The van der Waals surface area contributed by atoms with E-state index in [4.69, 9.17) is 17.3 Å². The van der Waals surface area contributed by atoms with Crippen LogP contribution in [-0.2, 0) is 0 Å². The molecule has 0 atom stereocenters. The van der Waals surface area contributed by atoms with E-state index < -0.39 is 0 Å². The Balaban J connectivity index is 2.12. The van der Waals surface area contributed by atoms with Crippen LogP contribution in [0.5, 0.6) is 0 Å². The molecule has 1 heterocycles. The number of hydrogen-bond acceptors (Lipinski definition) is 3. The summed E-state index contributed by atoms with van der Waals surface area (Å²) in [6, 6.07) is 13.5. The molecule has 3 nitrogen and oxygen atoms in total. The molecular weight excluding hydrogens is 270 g/mol. The molecule has 0 aliphatic carbocycles. The van der Waals surface area contributed by atoms with Crippen molar-refractivity contribution in [1.29, 1.82) is 0 Å². The van der Waals surface area contributed by atoms with Gasteiger partial charge in [-0.25, -0.2) is 0 Å². The lowest BCUT2D eigenvalue weighted by Gasteiger charge is -2.13. The van der Waals surface area contributed by atoms with Gasteiger partial charge in [-0.2, -0.15) is 0 Å². The molecule has 0 spiro atoms. The molecule has 20 heavy (non-hydrogen) atoms. The fourth-order valence-corrected chi connectivity index (χ4v) is 2.37. The summed E-state index contributed by atoms with van der Waals surface area (Å²) in [5.74, 6) is 0. The standard InChI is InChI=1S/C16H14ClN3/c1-10-12(17)5-2-6-14(10)20-15-8-7-13(18)16-11(15)4-3-9-19-16/h2-9,20H,18H2,1H3.